The van der Waals surface area contributed by atoms with E-state index in [-0.39, 0.29) is 11.9 Å². The van der Waals surface area contributed by atoms with Crippen LogP contribution in [0.15, 0.2) is 72.8 Å². The minimum Gasteiger partial charge on any atom is -0.486 e. The van der Waals surface area contributed by atoms with E-state index in [4.69, 9.17) is 4.74 Å². The Kier molecular flexibility index (Phi) is 7.66. The Labute approximate surface area is 197 Å². The number of hydrogen-bond acceptors (Lipinski definition) is 3. The third-order valence-corrected chi connectivity index (χ3v) is 6.46. The van der Waals surface area contributed by atoms with Gasteiger partial charge in [-0.05, 0) is 65.9 Å². The maximum absolute atomic E-state index is 13.2. The van der Waals surface area contributed by atoms with Gasteiger partial charge in [-0.3, -0.25) is 4.90 Å². The van der Waals surface area contributed by atoms with Crippen LogP contribution in [0.5, 0.6) is 5.75 Å². The molecule has 0 radical (unpaired) electrons. The number of rotatable bonds is 8. The number of ether oxygens (including phenoxy) is 1. The second kappa shape index (κ2) is 10.8. The predicted molar refractivity (Wildman–Crippen MR) is 135 cm³/mol. The molecule has 33 heavy (non-hydrogen) atoms. The van der Waals surface area contributed by atoms with Gasteiger partial charge in [-0.1, -0.05) is 50.2 Å². The third-order valence-electron chi connectivity index (χ3n) is 6.46. The van der Waals surface area contributed by atoms with Gasteiger partial charge >= 0.3 is 0 Å². The molecule has 0 aromatic heterocycles. The van der Waals surface area contributed by atoms with Crippen LogP contribution in [0.2, 0.25) is 0 Å². The summed E-state index contributed by atoms with van der Waals surface area (Å²) in [6.07, 6.45) is 0.953. The molecule has 0 bridgehead atoms. The molecule has 1 aliphatic rings. The molecule has 1 fully saturated rings. The van der Waals surface area contributed by atoms with Crippen LogP contribution in [0.3, 0.4) is 0 Å². The van der Waals surface area contributed by atoms with Gasteiger partial charge in [0.1, 0.15) is 17.7 Å². The molecule has 0 amide bonds. The molecule has 1 heterocycles. The summed E-state index contributed by atoms with van der Waals surface area (Å²) >= 11 is 0. The number of benzene rings is 3. The van der Waals surface area contributed by atoms with Crippen molar-refractivity contribution >= 4 is 5.69 Å². The molecule has 4 heteroatoms. The SMILES string of the molecule is Cc1cc(O[C@@H](CCN2CCN(c3ccc(F)cc3)CC2)c2ccccc2)cc(C(C)C)c1. The number of nitrogens with zero attached hydrogens (tertiary/aromatic N) is 2. The Hall–Kier alpha value is -2.85. The highest BCUT2D eigenvalue weighted by molar-refractivity contribution is 5.46. The van der Waals surface area contributed by atoms with Gasteiger partial charge in [0.25, 0.3) is 0 Å². The smallest absolute Gasteiger partial charge is 0.125 e. The van der Waals surface area contributed by atoms with E-state index in [0.717, 1.165) is 50.6 Å². The number of hydrogen-bond donors (Lipinski definition) is 0. The highest BCUT2D eigenvalue weighted by atomic mass is 19.1. The van der Waals surface area contributed by atoms with Crippen LogP contribution in [0, 0.1) is 12.7 Å². The number of aryl methyl sites for hydroxylation is 1. The molecule has 1 aliphatic heterocycles. The van der Waals surface area contributed by atoms with Crippen LogP contribution >= 0.6 is 0 Å². The first-order valence-electron chi connectivity index (χ1n) is 12.0. The lowest BCUT2D eigenvalue weighted by Gasteiger charge is -2.36. The summed E-state index contributed by atoms with van der Waals surface area (Å²) in [4.78, 5) is 4.84. The van der Waals surface area contributed by atoms with E-state index in [9.17, 15) is 4.39 Å². The van der Waals surface area contributed by atoms with Crippen molar-refractivity contribution in [2.24, 2.45) is 0 Å². The summed E-state index contributed by atoms with van der Waals surface area (Å²) < 4.78 is 19.8. The van der Waals surface area contributed by atoms with Crippen molar-refractivity contribution in [3.8, 4) is 5.75 Å². The summed E-state index contributed by atoms with van der Waals surface area (Å²) in [5.74, 6) is 1.24. The first kappa shape index (κ1) is 23.3. The van der Waals surface area contributed by atoms with Crippen molar-refractivity contribution < 1.29 is 9.13 Å². The van der Waals surface area contributed by atoms with Crippen molar-refractivity contribution in [2.45, 2.75) is 39.2 Å². The zero-order valence-corrected chi connectivity index (χ0v) is 20.0. The van der Waals surface area contributed by atoms with E-state index in [2.05, 4.69) is 79.1 Å². The first-order valence-corrected chi connectivity index (χ1v) is 12.0. The summed E-state index contributed by atoms with van der Waals surface area (Å²) in [6.45, 7) is 11.5. The summed E-state index contributed by atoms with van der Waals surface area (Å²) in [7, 11) is 0. The Morgan fingerprint density at radius 1 is 0.848 bits per heavy atom. The van der Waals surface area contributed by atoms with E-state index in [1.807, 2.05) is 12.1 Å². The molecule has 0 unspecified atom stereocenters. The van der Waals surface area contributed by atoms with Crippen LogP contribution in [-0.2, 0) is 0 Å². The summed E-state index contributed by atoms with van der Waals surface area (Å²) in [5.41, 5.74) is 4.87. The molecule has 3 aromatic carbocycles. The van der Waals surface area contributed by atoms with Crippen LogP contribution < -0.4 is 9.64 Å². The van der Waals surface area contributed by atoms with Gasteiger partial charge in [0.15, 0.2) is 0 Å². The maximum atomic E-state index is 13.2. The average molecular weight is 447 g/mol. The fraction of sp³-hybridized carbons (Fsp3) is 0.379. The lowest BCUT2D eigenvalue weighted by atomic mass is 10.0. The molecule has 0 aliphatic carbocycles. The van der Waals surface area contributed by atoms with Crippen LogP contribution in [-0.4, -0.2) is 37.6 Å². The van der Waals surface area contributed by atoms with Gasteiger partial charge in [0, 0.05) is 44.8 Å². The Morgan fingerprint density at radius 3 is 2.21 bits per heavy atom. The minimum absolute atomic E-state index is 0.0168. The molecule has 4 rings (SSSR count). The molecule has 3 aromatic rings. The minimum atomic E-state index is -0.182. The van der Waals surface area contributed by atoms with Gasteiger partial charge in [0.05, 0.1) is 0 Å². The van der Waals surface area contributed by atoms with Crippen molar-refractivity contribution in [3.05, 3.63) is 95.3 Å². The van der Waals surface area contributed by atoms with Gasteiger partial charge in [-0.2, -0.15) is 0 Å². The Balaban J connectivity index is 1.39. The van der Waals surface area contributed by atoms with E-state index in [0.29, 0.717) is 5.92 Å². The fourth-order valence-electron chi connectivity index (χ4n) is 4.48. The Bertz CT molecular complexity index is 1010. The summed E-state index contributed by atoms with van der Waals surface area (Å²) in [6, 6.07) is 24.0. The maximum Gasteiger partial charge on any atom is 0.125 e. The number of halogens is 1. The zero-order valence-electron chi connectivity index (χ0n) is 20.0. The zero-order chi connectivity index (χ0) is 23.2. The van der Waals surface area contributed by atoms with E-state index in [1.165, 1.54) is 16.7 Å². The lowest BCUT2D eigenvalue weighted by molar-refractivity contribution is 0.160. The fourth-order valence-corrected chi connectivity index (χ4v) is 4.48. The van der Waals surface area contributed by atoms with E-state index in [1.54, 1.807) is 12.1 Å². The highest BCUT2D eigenvalue weighted by Crippen LogP contribution is 2.29. The molecular weight excluding hydrogens is 411 g/mol. The topological polar surface area (TPSA) is 15.7 Å². The van der Waals surface area contributed by atoms with Crippen molar-refractivity contribution in [1.82, 2.24) is 4.90 Å². The van der Waals surface area contributed by atoms with Crippen molar-refractivity contribution in [1.29, 1.82) is 0 Å². The van der Waals surface area contributed by atoms with Crippen LogP contribution in [0.4, 0.5) is 10.1 Å². The molecule has 0 N–H and O–H groups in total. The second-order valence-electron chi connectivity index (χ2n) is 9.35. The normalized spacial score (nSPS) is 15.6. The monoisotopic (exact) mass is 446 g/mol. The van der Waals surface area contributed by atoms with Gasteiger partial charge in [-0.15, -0.1) is 0 Å². The largest absolute Gasteiger partial charge is 0.486 e. The van der Waals surface area contributed by atoms with Crippen molar-refractivity contribution in [3.63, 3.8) is 0 Å². The average Bonchev–Trinajstić information content (AvgIpc) is 2.83. The van der Waals surface area contributed by atoms with E-state index >= 15 is 0 Å². The third kappa shape index (κ3) is 6.35. The number of piperazine rings is 1. The summed E-state index contributed by atoms with van der Waals surface area (Å²) in [5, 5.41) is 0. The van der Waals surface area contributed by atoms with Gasteiger partial charge in [-0.25, -0.2) is 4.39 Å². The lowest BCUT2D eigenvalue weighted by Crippen LogP contribution is -2.46. The second-order valence-corrected chi connectivity index (χ2v) is 9.35. The number of anilines is 1. The van der Waals surface area contributed by atoms with Crippen LogP contribution in [0.1, 0.15) is 49.0 Å². The van der Waals surface area contributed by atoms with Crippen LogP contribution in [0.25, 0.3) is 0 Å². The molecule has 0 saturated carbocycles. The Morgan fingerprint density at radius 2 is 1.55 bits per heavy atom. The quantitative estimate of drug-likeness (QED) is 0.388. The molecule has 1 atom stereocenters. The predicted octanol–water partition coefficient (Wildman–Crippen LogP) is 6.59. The van der Waals surface area contributed by atoms with Gasteiger partial charge < -0.3 is 9.64 Å². The molecular formula is C29H35FN2O. The van der Waals surface area contributed by atoms with E-state index < -0.39 is 0 Å². The molecule has 0 spiro atoms. The first-order chi connectivity index (χ1) is 16.0. The van der Waals surface area contributed by atoms with Crippen molar-refractivity contribution in [2.75, 3.05) is 37.6 Å². The molecule has 3 nitrogen and oxygen atoms in total. The molecule has 1 saturated heterocycles. The highest BCUT2D eigenvalue weighted by Gasteiger charge is 2.20. The van der Waals surface area contributed by atoms with Gasteiger partial charge in [0.2, 0.25) is 0 Å². The standard InChI is InChI=1S/C29H35FN2O/c1-22(2)25-19-23(3)20-28(21-25)33-29(24-7-5-4-6-8-24)13-14-31-15-17-32(18-16-31)27-11-9-26(30)10-12-27/h4-12,19-22,29H,13-18H2,1-3H3/t29-/m0/s1. The molecule has 174 valence electrons.